The summed E-state index contributed by atoms with van der Waals surface area (Å²) in [5, 5.41) is 0. The minimum absolute atomic E-state index is 0.261. The molecule has 1 rings (SSSR count). The van der Waals surface area contributed by atoms with Gasteiger partial charge in [0.05, 0.1) is 11.7 Å². The first-order valence-corrected chi connectivity index (χ1v) is 3.53. The van der Waals surface area contributed by atoms with Crippen LogP contribution in [0.5, 0.6) is 0 Å². The first-order valence-electron chi connectivity index (χ1n) is 3.53. The van der Waals surface area contributed by atoms with Crippen LogP contribution in [0.15, 0.2) is 22.8 Å². The Kier molecular flexibility index (Phi) is 2.29. The summed E-state index contributed by atoms with van der Waals surface area (Å²) in [5.41, 5.74) is 4.76. The molecule has 3 heteroatoms. The molecule has 0 saturated heterocycles. The third kappa shape index (κ3) is 1.43. The highest BCUT2D eigenvalue weighted by atomic mass is 19.1. The third-order valence-electron chi connectivity index (χ3n) is 1.86. The normalized spacial score (nSPS) is 16.3. The van der Waals surface area contributed by atoms with E-state index in [0.717, 1.165) is 0 Å². The largest absolute Gasteiger partial charge is 0.469 e. The highest BCUT2D eigenvalue weighted by Crippen LogP contribution is 2.23. The quantitative estimate of drug-likeness (QED) is 0.721. The molecule has 1 aromatic heterocycles. The van der Waals surface area contributed by atoms with Gasteiger partial charge in [-0.25, -0.2) is 4.39 Å². The van der Waals surface area contributed by atoms with Gasteiger partial charge in [0.2, 0.25) is 0 Å². The summed E-state index contributed by atoms with van der Waals surface area (Å²) in [6, 6.07) is 3.48. The van der Waals surface area contributed by atoms with Crippen molar-refractivity contribution >= 4 is 0 Å². The van der Waals surface area contributed by atoms with Crippen LogP contribution in [-0.2, 0) is 5.41 Å². The second kappa shape index (κ2) is 3.05. The lowest BCUT2D eigenvalue weighted by atomic mass is 9.90. The van der Waals surface area contributed by atoms with Crippen molar-refractivity contribution in [2.24, 2.45) is 5.73 Å². The van der Waals surface area contributed by atoms with E-state index in [9.17, 15) is 4.39 Å². The third-order valence-corrected chi connectivity index (χ3v) is 1.86. The molecule has 62 valence electrons. The van der Waals surface area contributed by atoms with Crippen LogP contribution >= 0.6 is 0 Å². The molecule has 1 heterocycles. The Morgan fingerprint density at radius 1 is 1.73 bits per heavy atom. The van der Waals surface area contributed by atoms with Gasteiger partial charge in [0.15, 0.2) is 0 Å². The van der Waals surface area contributed by atoms with E-state index in [1.54, 1.807) is 19.1 Å². The summed E-state index contributed by atoms with van der Waals surface area (Å²) in [4.78, 5) is 0. The molecule has 0 radical (unpaired) electrons. The standard InChI is InChI=1S/C8H12FNO/c1-8(5-9,6-10)7-3-2-4-11-7/h2-4H,5-6,10H2,1H3. The van der Waals surface area contributed by atoms with E-state index >= 15 is 0 Å². The van der Waals surface area contributed by atoms with Crippen LogP contribution in [0.4, 0.5) is 4.39 Å². The summed E-state index contributed by atoms with van der Waals surface area (Å²) in [6.45, 7) is 1.51. The van der Waals surface area contributed by atoms with Gasteiger partial charge in [0.1, 0.15) is 12.4 Å². The number of nitrogens with two attached hydrogens (primary N) is 1. The van der Waals surface area contributed by atoms with Crippen LogP contribution in [0.3, 0.4) is 0 Å². The second-order valence-electron chi connectivity index (χ2n) is 2.88. The van der Waals surface area contributed by atoms with Crippen LogP contribution in [0, 0.1) is 0 Å². The van der Waals surface area contributed by atoms with Crippen molar-refractivity contribution in [3.05, 3.63) is 24.2 Å². The molecule has 2 nitrogen and oxygen atoms in total. The van der Waals surface area contributed by atoms with Crippen molar-refractivity contribution in [1.29, 1.82) is 0 Å². The molecule has 0 aliphatic heterocycles. The summed E-state index contributed by atoms with van der Waals surface area (Å²) < 4.78 is 17.5. The summed E-state index contributed by atoms with van der Waals surface area (Å²) in [6.07, 6.45) is 1.53. The van der Waals surface area contributed by atoms with E-state index < -0.39 is 12.1 Å². The molecule has 11 heavy (non-hydrogen) atoms. The van der Waals surface area contributed by atoms with Gasteiger partial charge in [0.25, 0.3) is 0 Å². The van der Waals surface area contributed by atoms with Crippen LogP contribution < -0.4 is 5.73 Å². The predicted octanol–water partition coefficient (Wildman–Crippen LogP) is 1.47. The van der Waals surface area contributed by atoms with Crippen molar-refractivity contribution in [3.8, 4) is 0 Å². The molecule has 1 aromatic rings. The van der Waals surface area contributed by atoms with Crippen LogP contribution in [-0.4, -0.2) is 13.2 Å². The highest BCUT2D eigenvalue weighted by Gasteiger charge is 2.27. The molecule has 0 amide bonds. The molecule has 2 N–H and O–H groups in total. The summed E-state index contributed by atoms with van der Waals surface area (Å²) in [7, 11) is 0. The number of hydrogen-bond donors (Lipinski definition) is 1. The van der Waals surface area contributed by atoms with Gasteiger partial charge < -0.3 is 10.2 Å². The minimum atomic E-state index is -0.649. The number of alkyl halides is 1. The van der Waals surface area contributed by atoms with Gasteiger partial charge in [-0.15, -0.1) is 0 Å². The Hall–Kier alpha value is -0.830. The van der Waals surface area contributed by atoms with E-state index in [-0.39, 0.29) is 6.54 Å². The van der Waals surface area contributed by atoms with Gasteiger partial charge in [0, 0.05) is 6.54 Å². The summed E-state index contributed by atoms with van der Waals surface area (Å²) in [5.74, 6) is 0.613. The molecule has 0 aliphatic carbocycles. The molecule has 1 atom stereocenters. The lowest BCUT2D eigenvalue weighted by molar-refractivity contribution is 0.284. The maximum atomic E-state index is 12.5. The van der Waals surface area contributed by atoms with Crippen molar-refractivity contribution in [2.75, 3.05) is 13.2 Å². The van der Waals surface area contributed by atoms with Crippen molar-refractivity contribution in [2.45, 2.75) is 12.3 Å². The molecule has 0 fully saturated rings. The smallest absolute Gasteiger partial charge is 0.113 e. The van der Waals surface area contributed by atoms with Crippen molar-refractivity contribution in [3.63, 3.8) is 0 Å². The lowest BCUT2D eigenvalue weighted by Gasteiger charge is -2.20. The van der Waals surface area contributed by atoms with Crippen LogP contribution in [0.2, 0.25) is 0 Å². The van der Waals surface area contributed by atoms with Crippen LogP contribution in [0.1, 0.15) is 12.7 Å². The first-order chi connectivity index (χ1) is 5.23. The Bertz CT molecular complexity index is 204. The Morgan fingerprint density at radius 3 is 2.82 bits per heavy atom. The monoisotopic (exact) mass is 157 g/mol. The summed E-state index contributed by atoms with van der Waals surface area (Å²) >= 11 is 0. The molecule has 0 bridgehead atoms. The maximum Gasteiger partial charge on any atom is 0.113 e. The fraction of sp³-hybridized carbons (Fsp3) is 0.500. The molecule has 0 saturated carbocycles. The number of rotatable bonds is 3. The highest BCUT2D eigenvalue weighted by molar-refractivity contribution is 5.13. The van der Waals surface area contributed by atoms with Crippen molar-refractivity contribution in [1.82, 2.24) is 0 Å². The first kappa shape index (κ1) is 8.27. The topological polar surface area (TPSA) is 39.2 Å². The average molecular weight is 157 g/mol. The number of hydrogen-bond acceptors (Lipinski definition) is 2. The number of halogens is 1. The fourth-order valence-electron chi connectivity index (χ4n) is 0.843. The van der Waals surface area contributed by atoms with Gasteiger partial charge in [-0.2, -0.15) is 0 Å². The van der Waals surface area contributed by atoms with E-state index in [4.69, 9.17) is 10.2 Å². The van der Waals surface area contributed by atoms with Crippen LogP contribution in [0.25, 0.3) is 0 Å². The van der Waals surface area contributed by atoms with Gasteiger partial charge in [-0.1, -0.05) is 0 Å². The predicted molar refractivity (Wildman–Crippen MR) is 41.1 cm³/mol. The van der Waals surface area contributed by atoms with Gasteiger partial charge >= 0.3 is 0 Å². The molecule has 0 spiro atoms. The average Bonchev–Trinajstić information content (AvgIpc) is 2.55. The van der Waals surface area contributed by atoms with Gasteiger partial charge in [-0.05, 0) is 19.1 Å². The zero-order valence-corrected chi connectivity index (χ0v) is 6.51. The molecule has 1 unspecified atom stereocenters. The van der Waals surface area contributed by atoms with Gasteiger partial charge in [-0.3, -0.25) is 0 Å². The molecule has 0 aliphatic rings. The zero-order valence-electron chi connectivity index (χ0n) is 6.51. The van der Waals surface area contributed by atoms with E-state index in [0.29, 0.717) is 5.76 Å². The Balaban J connectivity index is 2.87. The minimum Gasteiger partial charge on any atom is -0.469 e. The zero-order chi connectivity index (χ0) is 8.32. The molecule has 0 aromatic carbocycles. The SMILES string of the molecule is CC(CN)(CF)c1ccco1. The van der Waals surface area contributed by atoms with Crippen molar-refractivity contribution < 1.29 is 8.81 Å². The Labute approximate surface area is 65.2 Å². The van der Waals surface area contributed by atoms with E-state index in [2.05, 4.69) is 0 Å². The molecular formula is C8H12FNO. The van der Waals surface area contributed by atoms with E-state index in [1.165, 1.54) is 6.26 Å². The maximum absolute atomic E-state index is 12.5. The number of furan rings is 1. The fourth-order valence-corrected chi connectivity index (χ4v) is 0.843. The van der Waals surface area contributed by atoms with E-state index in [1.807, 2.05) is 0 Å². The Morgan fingerprint density at radius 2 is 2.45 bits per heavy atom. The lowest BCUT2D eigenvalue weighted by Crippen LogP contribution is -2.33. The molecular weight excluding hydrogens is 145 g/mol. The second-order valence-corrected chi connectivity index (χ2v) is 2.88.